The third-order valence-electron chi connectivity index (χ3n) is 8.77. The van der Waals surface area contributed by atoms with Crippen LogP contribution in [-0.4, -0.2) is 91.0 Å². The van der Waals surface area contributed by atoms with Gasteiger partial charge in [-0.05, 0) is 54.9 Å². The molecule has 0 aliphatic rings. The Morgan fingerprint density at radius 3 is 1.74 bits per heavy atom. The van der Waals surface area contributed by atoms with Gasteiger partial charge in [0, 0.05) is 13.1 Å². The summed E-state index contributed by atoms with van der Waals surface area (Å²) in [4.78, 5) is 91.1. The molecule has 0 unspecified atom stereocenters. The van der Waals surface area contributed by atoms with Crippen molar-refractivity contribution >= 4 is 81.6 Å². The van der Waals surface area contributed by atoms with Crippen LogP contribution in [0.1, 0.15) is 65.0 Å². The molecule has 0 spiro atoms. The lowest BCUT2D eigenvalue weighted by molar-refractivity contribution is -0.138. The average molecular weight is 988 g/mol. The summed E-state index contributed by atoms with van der Waals surface area (Å²) >= 11 is 5.97. The van der Waals surface area contributed by atoms with Crippen molar-refractivity contribution < 1.29 is 76.2 Å². The average Bonchev–Trinajstić information content (AvgIpc) is 3.25. The van der Waals surface area contributed by atoms with Gasteiger partial charge >= 0.3 is 36.2 Å². The number of carbonyl (C=O) groups is 4. The number of nitrogens with one attached hydrogen (secondary N) is 1. The summed E-state index contributed by atoms with van der Waals surface area (Å²) in [5.41, 5.74) is -18.9. The zero-order chi connectivity index (χ0) is 51.4. The van der Waals surface area contributed by atoms with Crippen LogP contribution in [0, 0.1) is 17.9 Å². The number of aromatic carboxylic acids is 4. The second kappa shape index (κ2) is 19.4. The van der Waals surface area contributed by atoms with Crippen LogP contribution in [0.15, 0.2) is 71.4 Å². The maximum atomic E-state index is 14.4. The number of nitrogens with zero attached hydrogens (tertiary/aromatic N) is 12. The van der Waals surface area contributed by atoms with Gasteiger partial charge in [-0.15, -0.1) is 20.5 Å². The summed E-state index contributed by atoms with van der Waals surface area (Å²) in [7, 11) is 0. The van der Waals surface area contributed by atoms with Crippen molar-refractivity contribution in [3.05, 3.63) is 113 Å². The summed E-state index contributed by atoms with van der Waals surface area (Å²) < 4.78 is 86.2. The highest BCUT2D eigenvalue weighted by Crippen LogP contribution is 2.46. The molecule has 69 heavy (non-hydrogen) atoms. The van der Waals surface area contributed by atoms with Crippen molar-refractivity contribution in [1.82, 2.24) is 24.1 Å². The van der Waals surface area contributed by atoms with Gasteiger partial charge in [0.1, 0.15) is 34.4 Å². The Hall–Kier alpha value is -9.65. The SMILES string of the molecule is [C-]#[N+]c1c(C(F)(F)F)c(N=Nc2cc(C(=O)O)ccc2C(=O)O)c(=O)n(C(C)=Nc2nc(Cl)nc(NCCn3c(O)c(C#N)c(C(F)(F)F)c(N=Nc4cc(C(=O)O)ccc4C(=O)O)c3=O)n2)c1O. The molecule has 0 amide bonds. The maximum Gasteiger partial charge on any atom is 0.420 e. The Morgan fingerprint density at radius 2 is 1.29 bits per heavy atom. The minimum atomic E-state index is -5.62. The van der Waals surface area contributed by atoms with Gasteiger partial charge in [0.2, 0.25) is 23.0 Å². The Labute approximate surface area is 380 Å². The molecule has 0 aliphatic heterocycles. The molecule has 0 atom stereocenters. The van der Waals surface area contributed by atoms with Crippen molar-refractivity contribution in [2.45, 2.75) is 25.8 Å². The fourth-order valence-electron chi connectivity index (χ4n) is 5.79. The molecule has 0 saturated carbocycles. The number of aliphatic imine (C=N–C) groups is 1. The van der Waals surface area contributed by atoms with E-state index in [1.165, 1.54) is 0 Å². The van der Waals surface area contributed by atoms with Crippen molar-refractivity contribution in [2.24, 2.45) is 25.4 Å². The van der Waals surface area contributed by atoms with Crippen LogP contribution in [0.25, 0.3) is 4.85 Å². The van der Waals surface area contributed by atoms with E-state index in [2.05, 4.69) is 50.6 Å². The van der Waals surface area contributed by atoms with Crippen LogP contribution >= 0.6 is 11.6 Å². The fraction of sp³-hybridized carbons (Fsp3) is 0.135. The van der Waals surface area contributed by atoms with E-state index in [1.807, 2.05) is 0 Å². The van der Waals surface area contributed by atoms with E-state index >= 15 is 0 Å². The number of hydrogen-bond acceptors (Lipinski definition) is 18. The standard InChI is InChI=1S/C37H20ClF6N13O12/c1-12(57-27(60)22(46-2)21(37(42,43)44)24(28(57)61)55-53-19-10-14(30(64)65)4-6-16(19)32(68)69)48-35-50-33(38)49-34(51-35)47-7-8-56-25(58)17(11-45)20(36(39,40)41)23(26(56)59)54-52-18-9-13(29(62)63)3-5-15(18)31(66)67/h3-6,9-10,58,60H,7-8H2,1H3,(H,62,63)(H,64,65)(H,66,67)(H,68,69)(H,47,49,50,51). The molecule has 0 fully saturated rings. The number of pyridine rings is 2. The minimum Gasteiger partial charge on any atom is -0.502 e. The van der Waals surface area contributed by atoms with Crippen molar-refractivity contribution in [3.63, 3.8) is 0 Å². The Bertz CT molecular complexity index is 3340. The zero-order valence-electron chi connectivity index (χ0n) is 33.5. The molecule has 5 aromatic rings. The van der Waals surface area contributed by atoms with E-state index in [4.69, 9.17) is 18.2 Å². The molecule has 7 N–H and O–H groups in total. The van der Waals surface area contributed by atoms with Gasteiger partial charge in [0.15, 0.2) is 11.4 Å². The van der Waals surface area contributed by atoms with Crippen LogP contribution in [0.5, 0.6) is 11.8 Å². The highest BCUT2D eigenvalue weighted by molar-refractivity contribution is 6.28. The number of halogens is 7. The molecule has 0 bridgehead atoms. The van der Waals surface area contributed by atoms with Gasteiger partial charge in [-0.3, -0.25) is 14.2 Å². The van der Waals surface area contributed by atoms with E-state index in [-0.39, 0.29) is 9.13 Å². The molecule has 0 saturated heterocycles. The van der Waals surface area contributed by atoms with Gasteiger partial charge in [0.05, 0.1) is 34.4 Å². The molecule has 3 aromatic heterocycles. The van der Waals surface area contributed by atoms with Gasteiger partial charge in [0.25, 0.3) is 22.8 Å². The number of azo groups is 2. The zero-order valence-corrected chi connectivity index (χ0v) is 34.3. The summed E-state index contributed by atoms with van der Waals surface area (Å²) in [6.45, 7) is 6.67. The number of benzene rings is 2. The lowest BCUT2D eigenvalue weighted by atomic mass is 10.1. The molecule has 0 aliphatic carbocycles. The van der Waals surface area contributed by atoms with Crippen LogP contribution in [-0.2, 0) is 18.9 Å². The van der Waals surface area contributed by atoms with Crippen LogP contribution in [0.4, 0.5) is 66.7 Å². The van der Waals surface area contributed by atoms with Crippen molar-refractivity contribution in [2.75, 3.05) is 11.9 Å². The van der Waals surface area contributed by atoms with Gasteiger partial charge < -0.3 is 36.0 Å². The molecular weight excluding hydrogens is 968 g/mol. The molecule has 5 rings (SSSR count). The van der Waals surface area contributed by atoms with Gasteiger partial charge in [-0.25, -0.2) is 28.6 Å². The highest BCUT2D eigenvalue weighted by Gasteiger charge is 2.43. The highest BCUT2D eigenvalue weighted by atomic mass is 35.5. The Kier molecular flexibility index (Phi) is 14.2. The Morgan fingerprint density at radius 1 is 0.783 bits per heavy atom. The first-order valence-corrected chi connectivity index (χ1v) is 18.3. The first-order chi connectivity index (χ1) is 32.2. The molecular formula is C37H20ClF6N13O12. The number of rotatable bonds is 13. The first-order valence-electron chi connectivity index (χ1n) is 17.9. The fourth-order valence-corrected chi connectivity index (χ4v) is 5.95. The summed E-state index contributed by atoms with van der Waals surface area (Å²) in [6, 6.07) is 5.42. The molecule has 0 radical (unpaired) electrons. The van der Waals surface area contributed by atoms with Crippen molar-refractivity contribution in [3.8, 4) is 17.8 Å². The predicted octanol–water partition coefficient (Wildman–Crippen LogP) is 7.05. The van der Waals surface area contributed by atoms with E-state index in [1.54, 1.807) is 0 Å². The van der Waals surface area contributed by atoms with Gasteiger partial charge in [-0.1, -0.05) is 0 Å². The smallest absolute Gasteiger partial charge is 0.420 e. The van der Waals surface area contributed by atoms with E-state index in [0.717, 1.165) is 37.3 Å². The normalized spacial score (nSPS) is 11.9. The van der Waals surface area contributed by atoms with Crippen LogP contribution in [0.3, 0.4) is 0 Å². The third kappa shape index (κ3) is 10.6. The quantitative estimate of drug-likeness (QED) is 0.0204. The third-order valence-corrected chi connectivity index (χ3v) is 8.94. The van der Waals surface area contributed by atoms with E-state index < -0.39 is 163 Å². The predicted molar refractivity (Wildman–Crippen MR) is 216 cm³/mol. The monoisotopic (exact) mass is 987 g/mol. The number of aromatic hydroxyl groups is 2. The Balaban J connectivity index is 1.56. The maximum absolute atomic E-state index is 14.4. The number of carboxylic acids is 4. The van der Waals surface area contributed by atoms with Crippen LogP contribution < -0.4 is 16.4 Å². The number of alkyl halides is 6. The molecule has 32 heteroatoms. The second-order valence-electron chi connectivity index (χ2n) is 13.0. The molecule has 2 aromatic carbocycles. The first kappa shape index (κ1) is 50.4. The van der Waals surface area contributed by atoms with Crippen molar-refractivity contribution in [1.29, 1.82) is 5.26 Å². The number of anilines is 1. The minimum absolute atomic E-state index is 0.000383. The summed E-state index contributed by atoms with van der Waals surface area (Å²) in [5, 5.41) is 83.5. The van der Waals surface area contributed by atoms with Crippen LogP contribution in [0.2, 0.25) is 5.28 Å². The molecule has 3 heterocycles. The number of nitriles is 1. The largest absolute Gasteiger partial charge is 0.502 e. The number of carboxylic acid groups (broad SMARTS) is 4. The number of hydrogen-bond donors (Lipinski definition) is 7. The van der Waals surface area contributed by atoms with Gasteiger partial charge in [-0.2, -0.15) is 51.5 Å². The lowest BCUT2D eigenvalue weighted by Gasteiger charge is -2.17. The topological polar surface area (TPSA) is 374 Å². The second-order valence-corrected chi connectivity index (χ2v) is 13.4. The molecule has 354 valence electrons. The molecule has 25 nitrogen and oxygen atoms in total. The van der Waals surface area contributed by atoms with E-state index in [9.17, 15) is 91.0 Å². The summed E-state index contributed by atoms with van der Waals surface area (Å²) in [5.74, 6) is -12.2. The number of aromatic nitrogens is 5. The lowest BCUT2D eigenvalue weighted by Crippen LogP contribution is -2.28. The van der Waals surface area contributed by atoms with E-state index in [0.29, 0.717) is 12.1 Å². The summed E-state index contributed by atoms with van der Waals surface area (Å²) in [6.07, 6.45) is -11.2.